The second kappa shape index (κ2) is 10.9. The molecule has 9 nitrogen and oxygen atoms in total. The number of nitrogens with zero attached hydrogens (tertiary/aromatic N) is 6. The zero-order valence-corrected chi connectivity index (χ0v) is 17.1. The molecule has 2 rings (SSSR count). The first-order chi connectivity index (χ1) is 13.5. The van der Waals surface area contributed by atoms with E-state index >= 15 is 0 Å². The molecule has 1 aromatic heterocycles. The van der Waals surface area contributed by atoms with Crippen molar-refractivity contribution in [3.63, 3.8) is 0 Å². The van der Waals surface area contributed by atoms with Crippen molar-refractivity contribution in [3.8, 4) is 0 Å². The summed E-state index contributed by atoms with van der Waals surface area (Å²) in [6.07, 6.45) is 2.43. The van der Waals surface area contributed by atoms with Gasteiger partial charge in [0.15, 0.2) is 5.96 Å². The average Bonchev–Trinajstić information content (AvgIpc) is 3.11. The zero-order chi connectivity index (χ0) is 20.4. The normalized spacial score (nSPS) is 11.2. The highest BCUT2D eigenvalue weighted by atomic mass is 16.2. The van der Waals surface area contributed by atoms with Crippen LogP contribution in [0.25, 0.3) is 0 Å². The molecule has 0 unspecified atom stereocenters. The fourth-order valence-corrected chi connectivity index (χ4v) is 2.44. The average molecular weight is 387 g/mol. The number of guanidine groups is 1. The van der Waals surface area contributed by atoms with Crippen molar-refractivity contribution >= 4 is 17.6 Å². The molecule has 0 bridgehead atoms. The van der Waals surface area contributed by atoms with Crippen molar-refractivity contribution in [1.82, 2.24) is 30.3 Å². The molecule has 2 aromatic rings. The van der Waals surface area contributed by atoms with Crippen molar-refractivity contribution < 1.29 is 4.79 Å². The highest BCUT2D eigenvalue weighted by Crippen LogP contribution is 2.10. The Morgan fingerprint density at radius 2 is 1.93 bits per heavy atom. The van der Waals surface area contributed by atoms with Crippen molar-refractivity contribution in [2.45, 2.75) is 13.0 Å². The van der Waals surface area contributed by atoms with Crippen LogP contribution in [0.1, 0.15) is 12.2 Å². The predicted molar refractivity (Wildman–Crippen MR) is 111 cm³/mol. The number of aromatic nitrogens is 3. The van der Waals surface area contributed by atoms with Gasteiger partial charge in [-0.3, -0.25) is 9.48 Å². The Hall–Kier alpha value is -3.10. The molecule has 28 heavy (non-hydrogen) atoms. The SMILES string of the molecule is CN(C)C(=O)CNC(=NCc1ncnn1C)NCCCN(C)c1ccccc1. The fraction of sp³-hybridized carbons (Fsp3) is 0.474. The van der Waals surface area contributed by atoms with Gasteiger partial charge in [0.05, 0.1) is 6.54 Å². The van der Waals surface area contributed by atoms with Crippen LogP contribution in [0.15, 0.2) is 41.7 Å². The first kappa shape index (κ1) is 21.2. The second-order valence-electron chi connectivity index (χ2n) is 6.64. The Morgan fingerprint density at radius 3 is 2.57 bits per heavy atom. The van der Waals surface area contributed by atoms with Gasteiger partial charge in [0.1, 0.15) is 18.7 Å². The zero-order valence-electron chi connectivity index (χ0n) is 17.1. The molecule has 0 atom stereocenters. The molecule has 2 N–H and O–H groups in total. The lowest BCUT2D eigenvalue weighted by Gasteiger charge is -2.20. The largest absolute Gasteiger partial charge is 0.375 e. The van der Waals surface area contributed by atoms with Crippen LogP contribution in [0.2, 0.25) is 0 Å². The maximum absolute atomic E-state index is 11.9. The van der Waals surface area contributed by atoms with Gasteiger partial charge in [0, 0.05) is 47.0 Å². The minimum absolute atomic E-state index is 0.0167. The van der Waals surface area contributed by atoms with Crippen LogP contribution in [0.3, 0.4) is 0 Å². The third-order valence-corrected chi connectivity index (χ3v) is 4.25. The third-order valence-electron chi connectivity index (χ3n) is 4.25. The lowest BCUT2D eigenvalue weighted by Crippen LogP contribution is -2.43. The first-order valence-corrected chi connectivity index (χ1v) is 9.28. The standard InChI is InChI=1S/C19H30N8O/c1-25(2)18(28)14-22-19(21-13-17-23-15-24-27(17)4)20-11-8-12-26(3)16-9-6-5-7-10-16/h5-7,9-10,15H,8,11-14H2,1-4H3,(H2,20,21,22). The third kappa shape index (κ3) is 6.90. The summed E-state index contributed by atoms with van der Waals surface area (Å²) in [6.45, 7) is 2.20. The maximum Gasteiger partial charge on any atom is 0.241 e. The van der Waals surface area contributed by atoms with E-state index in [1.807, 2.05) is 25.2 Å². The van der Waals surface area contributed by atoms with Gasteiger partial charge in [-0.2, -0.15) is 5.10 Å². The number of carbonyl (C=O) groups excluding carboxylic acids is 1. The monoisotopic (exact) mass is 386 g/mol. The van der Waals surface area contributed by atoms with E-state index in [0.29, 0.717) is 12.5 Å². The van der Waals surface area contributed by atoms with Gasteiger partial charge in [-0.1, -0.05) is 18.2 Å². The van der Waals surface area contributed by atoms with E-state index in [2.05, 4.69) is 49.8 Å². The van der Waals surface area contributed by atoms with Gasteiger partial charge in [-0.15, -0.1) is 0 Å². The Labute approximate surface area is 166 Å². The molecule has 0 saturated heterocycles. The van der Waals surface area contributed by atoms with Crippen molar-refractivity contribution in [2.24, 2.45) is 12.0 Å². The van der Waals surface area contributed by atoms with Gasteiger partial charge in [0.2, 0.25) is 5.91 Å². The molecule has 152 valence electrons. The molecule has 0 spiro atoms. The van der Waals surface area contributed by atoms with E-state index in [9.17, 15) is 4.79 Å². The number of aliphatic imine (C=N–C) groups is 1. The summed E-state index contributed by atoms with van der Waals surface area (Å²) < 4.78 is 1.68. The van der Waals surface area contributed by atoms with Crippen molar-refractivity contribution in [2.75, 3.05) is 45.7 Å². The number of amides is 1. The lowest BCUT2D eigenvalue weighted by atomic mass is 10.3. The maximum atomic E-state index is 11.9. The van der Waals surface area contributed by atoms with Crippen LogP contribution in [0.5, 0.6) is 0 Å². The minimum atomic E-state index is -0.0167. The molecule has 0 aliphatic carbocycles. The van der Waals surface area contributed by atoms with Gasteiger partial charge in [-0.25, -0.2) is 9.98 Å². The molecule has 9 heteroatoms. The molecule has 0 aliphatic rings. The Kier molecular flexibility index (Phi) is 8.26. The van der Waals surface area contributed by atoms with Crippen molar-refractivity contribution in [3.05, 3.63) is 42.5 Å². The van der Waals surface area contributed by atoms with Crippen LogP contribution >= 0.6 is 0 Å². The molecular weight excluding hydrogens is 356 g/mol. The number of hydrogen-bond acceptors (Lipinski definition) is 5. The smallest absolute Gasteiger partial charge is 0.241 e. The number of hydrogen-bond donors (Lipinski definition) is 2. The van der Waals surface area contributed by atoms with E-state index in [1.54, 1.807) is 23.7 Å². The quantitative estimate of drug-likeness (QED) is 0.370. The van der Waals surface area contributed by atoms with Crippen molar-refractivity contribution in [1.29, 1.82) is 0 Å². The van der Waals surface area contributed by atoms with Gasteiger partial charge >= 0.3 is 0 Å². The highest BCUT2D eigenvalue weighted by molar-refractivity contribution is 5.86. The van der Waals surface area contributed by atoms with Crippen LogP contribution in [0, 0.1) is 0 Å². The molecule has 1 amide bonds. The van der Waals surface area contributed by atoms with Crippen LogP contribution in [-0.4, -0.2) is 72.3 Å². The van der Waals surface area contributed by atoms with E-state index < -0.39 is 0 Å². The molecular formula is C19H30N8O. The number of rotatable bonds is 9. The van der Waals surface area contributed by atoms with E-state index in [1.165, 1.54) is 12.0 Å². The molecule has 0 fully saturated rings. The summed E-state index contributed by atoms with van der Waals surface area (Å²) in [7, 11) is 7.36. The number of benzene rings is 1. The summed E-state index contributed by atoms with van der Waals surface area (Å²) in [5, 5.41) is 10.4. The summed E-state index contributed by atoms with van der Waals surface area (Å²) in [5.74, 6) is 1.32. The van der Waals surface area contributed by atoms with Crippen LogP contribution in [-0.2, 0) is 18.4 Å². The van der Waals surface area contributed by atoms with Gasteiger partial charge in [-0.05, 0) is 18.6 Å². The van der Waals surface area contributed by atoms with Crippen LogP contribution in [0.4, 0.5) is 5.69 Å². The van der Waals surface area contributed by atoms with E-state index in [0.717, 1.165) is 25.3 Å². The van der Waals surface area contributed by atoms with E-state index in [4.69, 9.17) is 0 Å². The topological polar surface area (TPSA) is 90.7 Å². The summed E-state index contributed by atoms with van der Waals surface area (Å²) >= 11 is 0. The molecule has 1 heterocycles. The Bertz CT molecular complexity index is 756. The number of anilines is 1. The van der Waals surface area contributed by atoms with Gasteiger partial charge < -0.3 is 20.4 Å². The van der Waals surface area contributed by atoms with Crippen LogP contribution < -0.4 is 15.5 Å². The number of para-hydroxylation sites is 1. The minimum Gasteiger partial charge on any atom is -0.375 e. The number of nitrogens with one attached hydrogen (secondary N) is 2. The number of aryl methyl sites for hydroxylation is 1. The number of carbonyl (C=O) groups is 1. The first-order valence-electron chi connectivity index (χ1n) is 9.28. The second-order valence-corrected chi connectivity index (χ2v) is 6.64. The molecule has 0 radical (unpaired) electrons. The van der Waals surface area contributed by atoms with Gasteiger partial charge in [0.25, 0.3) is 0 Å². The molecule has 0 saturated carbocycles. The Morgan fingerprint density at radius 1 is 1.18 bits per heavy atom. The summed E-state index contributed by atoms with van der Waals surface area (Å²) in [4.78, 5) is 24.3. The molecule has 1 aromatic carbocycles. The predicted octanol–water partition coefficient (Wildman–Crippen LogP) is 0.465. The molecule has 0 aliphatic heterocycles. The fourth-order valence-electron chi connectivity index (χ4n) is 2.44. The Balaban J connectivity index is 1.85. The lowest BCUT2D eigenvalue weighted by molar-refractivity contribution is -0.127. The van der Waals surface area contributed by atoms with E-state index in [-0.39, 0.29) is 12.5 Å². The highest BCUT2D eigenvalue weighted by Gasteiger charge is 2.07. The number of likely N-dealkylation sites (N-methyl/N-ethyl adjacent to an activating group) is 1. The summed E-state index contributed by atoms with van der Waals surface area (Å²) in [6, 6.07) is 10.3. The summed E-state index contributed by atoms with van der Waals surface area (Å²) in [5.41, 5.74) is 1.19.